The van der Waals surface area contributed by atoms with E-state index in [4.69, 9.17) is 14.5 Å². The number of nitrogens with zero attached hydrogens (tertiary/aromatic N) is 1. The van der Waals surface area contributed by atoms with E-state index in [1.165, 1.54) is 5.56 Å². The molecular weight excluding hydrogens is 342 g/mol. The lowest BCUT2D eigenvalue weighted by atomic mass is 9.84. The van der Waals surface area contributed by atoms with Crippen LogP contribution in [0.5, 0.6) is 5.75 Å². The summed E-state index contributed by atoms with van der Waals surface area (Å²) in [7, 11) is 0. The Morgan fingerprint density at radius 3 is 2.93 bits per heavy atom. The van der Waals surface area contributed by atoms with E-state index in [1.54, 1.807) is 0 Å². The van der Waals surface area contributed by atoms with Gasteiger partial charge in [-0.1, -0.05) is 19.1 Å². The SMILES string of the molecule is CCCOc1cccc(CCNC(=NCC2(CCO)CCOC2)NCC)c1. The molecule has 3 N–H and O–H groups in total. The molecule has 0 amide bonds. The van der Waals surface area contributed by atoms with E-state index in [1.807, 2.05) is 12.1 Å². The van der Waals surface area contributed by atoms with E-state index >= 15 is 0 Å². The molecule has 1 aromatic rings. The first-order valence-corrected chi connectivity index (χ1v) is 10.1. The number of hydrogen-bond acceptors (Lipinski definition) is 4. The number of aliphatic hydroxyl groups is 1. The fourth-order valence-corrected chi connectivity index (χ4v) is 3.21. The van der Waals surface area contributed by atoms with Gasteiger partial charge >= 0.3 is 0 Å². The summed E-state index contributed by atoms with van der Waals surface area (Å²) in [5, 5.41) is 16.1. The molecule has 1 unspecified atom stereocenters. The minimum absolute atomic E-state index is 0.0257. The first kappa shape index (κ1) is 21.5. The molecule has 0 bridgehead atoms. The zero-order valence-corrected chi connectivity index (χ0v) is 16.8. The number of ether oxygens (including phenoxy) is 2. The number of hydrogen-bond donors (Lipinski definition) is 3. The van der Waals surface area contributed by atoms with Crippen LogP contribution in [0.1, 0.15) is 38.7 Å². The molecule has 152 valence electrons. The van der Waals surface area contributed by atoms with Gasteiger partial charge in [0.15, 0.2) is 5.96 Å². The monoisotopic (exact) mass is 377 g/mol. The van der Waals surface area contributed by atoms with Crippen molar-refractivity contribution < 1.29 is 14.6 Å². The number of benzene rings is 1. The smallest absolute Gasteiger partial charge is 0.191 e. The Morgan fingerprint density at radius 1 is 1.33 bits per heavy atom. The van der Waals surface area contributed by atoms with Crippen LogP contribution in [-0.4, -0.2) is 57.1 Å². The number of nitrogens with one attached hydrogen (secondary N) is 2. The van der Waals surface area contributed by atoms with Crippen molar-refractivity contribution >= 4 is 5.96 Å². The standard InChI is InChI=1S/C21H35N3O3/c1-3-13-27-19-7-5-6-18(15-19)8-11-23-20(22-4-2)24-16-21(9-12-25)10-14-26-17-21/h5-7,15,25H,3-4,8-14,16-17H2,1-2H3,(H2,22,23,24). The molecule has 0 aromatic heterocycles. The second kappa shape index (κ2) is 11.8. The fourth-order valence-electron chi connectivity index (χ4n) is 3.21. The number of guanidine groups is 1. The highest BCUT2D eigenvalue weighted by molar-refractivity contribution is 5.79. The normalized spacial score (nSPS) is 19.9. The van der Waals surface area contributed by atoms with E-state index < -0.39 is 0 Å². The van der Waals surface area contributed by atoms with Crippen LogP contribution in [0.4, 0.5) is 0 Å². The summed E-state index contributed by atoms with van der Waals surface area (Å²) in [5.41, 5.74) is 1.22. The van der Waals surface area contributed by atoms with Crippen LogP contribution in [0.15, 0.2) is 29.3 Å². The highest BCUT2D eigenvalue weighted by Gasteiger charge is 2.34. The Hall–Kier alpha value is -1.79. The van der Waals surface area contributed by atoms with E-state index in [0.717, 1.165) is 63.7 Å². The molecule has 6 heteroatoms. The molecule has 0 aliphatic carbocycles. The lowest BCUT2D eigenvalue weighted by Crippen LogP contribution is -2.39. The Morgan fingerprint density at radius 2 is 2.22 bits per heavy atom. The Balaban J connectivity index is 1.86. The van der Waals surface area contributed by atoms with E-state index in [-0.39, 0.29) is 12.0 Å². The summed E-state index contributed by atoms with van der Waals surface area (Å²) in [6.45, 7) is 8.83. The van der Waals surface area contributed by atoms with Gasteiger partial charge in [-0.15, -0.1) is 0 Å². The van der Waals surface area contributed by atoms with Crippen LogP contribution < -0.4 is 15.4 Å². The molecular formula is C21H35N3O3. The average molecular weight is 378 g/mol. The molecule has 1 atom stereocenters. The van der Waals surface area contributed by atoms with E-state index in [0.29, 0.717) is 13.2 Å². The van der Waals surface area contributed by atoms with Gasteiger partial charge in [-0.3, -0.25) is 4.99 Å². The van der Waals surface area contributed by atoms with Gasteiger partial charge in [0.2, 0.25) is 0 Å². The summed E-state index contributed by atoms with van der Waals surface area (Å²) in [5.74, 6) is 1.75. The van der Waals surface area contributed by atoms with E-state index in [9.17, 15) is 5.11 Å². The zero-order valence-electron chi connectivity index (χ0n) is 16.8. The van der Waals surface area contributed by atoms with Crippen LogP contribution in [0.2, 0.25) is 0 Å². The van der Waals surface area contributed by atoms with Gasteiger partial charge in [0, 0.05) is 31.7 Å². The maximum Gasteiger partial charge on any atom is 0.191 e. The average Bonchev–Trinajstić information content (AvgIpc) is 3.14. The van der Waals surface area contributed by atoms with E-state index in [2.05, 4.69) is 36.6 Å². The molecule has 1 saturated heterocycles. The predicted octanol–water partition coefficient (Wildman–Crippen LogP) is 2.36. The molecule has 27 heavy (non-hydrogen) atoms. The predicted molar refractivity (Wildman–Crippen MR) is 109 cm³/mol. The van der Waals surface area contributed by atoms with Crippen LogP contribution in [0, 0.1) is 5.41 Å². The van der Waals surface area contributed by atoms with Gasteiger partial charge in [0.05, 0.1) is 19.8 Å². The third-order valence-electron chi connectivity index (χ3n) is 4.82. The molecule has 1 aliphatic rings. The third kappa shape index (κ3) is 7.39. The van der Waals surface area contributed by atoms with Gasteiger partial charge in [-0.05, 0) is 50.3 Å². The molecule has 1 aromatic carbocycles. The summed E-state index contributed by atoms with van der Waals surface area (Å²) >= 11 is 0. The first-order valence-electron chi connectivity index (χ1n) is 10.1. The summed E-state index contributed by atoms with van der Waals surface area (Å²) in [4.78, 5) is 4.75. The van der Waals surface area contributed by atoms with Crippen LogP contribution >= 0.6 is 0 Å². The summed E-state index contributed by atoms with van der Waals surface area (Å²) in [6.07, 6.45) is 3.61. The summed E-state index contributed by atoms with van der Waals surface area (Å²) < 4.78 is 11.3. The lowest BCUT2D eigenvalue weighted by Gasteiger charge is -2.24. The Kier molecular flexibility index (Phi) is 9.42. The van der Waals surface area contributed by atoms with Crippen LogP contribution in [-0.2, 0) is 11.2 Å². The number of aliphatic imine (C=N–C) groups is 1. The first-order chi connectivity index (χ1) is 13.2. The van der Waals surface area contributed by atoms with Crippen molar-refractivity contribution in [3.63, 3.8) is 0 Å². The molecule has 1 aliphatic heterocycles. The molecule has 0 radical (unpaired) electrons. The molecule has 0 spiro atoms. The Labute approximate surface area is 163 Å². The Bertz CT molecular complexity index is 572. The van der Waals surface area contributed by atoms with Crippen molar-refractivity contribution in [3.05, 3.63) is 29.8 Å². The van der Waals surface area contributed by atoms with Crippen molar-refractivity contribution in [1.82, 2.24) is 10.6 Å². The van der Waals surface area contributed by atoms with Crippen LogP contribution in [0.25, 0.3) is 0 Å². The van der Waals surface area contributed by atoms with Gasteiger partial charge in [0.25, 0.3) is 0 Å². The minimum atomic E-state index is -0.0257. The maximum atomic E-state index is 9.36. The van der Waals surface area contributed by atoms with Crippen molar-refractivity contribution in [2.75, 3.05) is 46.1 Å². The van der Waals surface area contributed by atoms with Crippen molar-refractivity contribution in [1.29, 1.82) is 0 Å². The van der Waals surface area contributed by atoms with Gasteiger partial charge in [0.1, 0.15) is 5.75 Å². The second-order valence-corrected chi connectivity index (χ2v) is 7.14. The zero-order chi connectivity index (χ0) is 19.4. The van der Waals surface area contributed by atoms with Gasteiger partial charge in [-0.2, -0.15) is 0 Å². The highest BCUT2D eigenvalue weighted by atomic mass is 16.5. The van der Waals surface area contributed by atoms with Gasteiger partial charge in [-0.25, -0.2) is 0 Å². The topological polar surface area (TPSA) is 75.1 Å². The van der Waals surface area contributed by atoms with Crippen molar-refractivity contribution in [2.24, 2.45) is 10.4 Å². The van der Waals surface area contributed by atoms with Crippen LogP contribution in [0.3, 0.4) is 0 Å². The highest BCUT2D eigenvalue weighted by Crippen LogP contribution is 2.32. The summed E-state index contributed by atoms with van der Waals surface area (Å²) in [6, 6.07) is 8.27. The van der Waals surface area contributed by atoms with Crippen molar-refractivity contribution in [3.8, 4) is 5.75 Å². The second-order valence-electron chi connectivity index (χ2n) is 7.14. The van der Waals surface area contributed by atoms with Crippen molar-refractivity contribution in [2.45, 2.75) is 39.5 Å². The fraction of sp³-hybridized carbons (Fsp3) is 0.667. The molecule has 2 rings (SSSR count). The third-order valence-corrected chi connectivity index (χ3v) is 4.82. The molecule has 1 fully saturated rings. The lowest BCUT2D eigenvalue weighted by molar-refractivity contribution is 0.131. The largest absolute Gasteiger partial charge is 0.494 e. The molecule has 1 heterocycles. The number of rotatable bonds is 11. The number of aliphatic hydroxyl groups excluding tert-OH is 1. The quantitative estimate of drug-likeness (QED) is 0.408. The molecule has 0 saturated carbocycles. The maximum absolute atomic E-state index is 9.36. The van der Waals surface area contributed by atoms with Gasteiger partial charge < -0.3 is 25.2 Å². The minimum Gasteiger partial charge on any atom is -0.494 e. The molecule has 6 nitrogen and oxygen atoms in total.